The predicted molar refractivity (Wildman–Crippen MR) is 76.4 cm³/mol. The third-order valence-corrected chi connectivity index (χ3v) is 3.01. The molecule has 4 nitrogen and oxygen atoms in total. The maximum absolute atomic E-state index is 11.2. The molecule has 0 saturated carbocycles. The average molecular weight is 296 g/mol. The van der Waals surface area contributed by atoms with E-state index in [2.05, 4.69) is 15.3 Å². The summed E-state index contributed by atoms with van der Waals surface area (Å²) in [5.41, 5.74) is 1.55. The number of halogens is 2. The minimum atomic E-state index is -0.128. The second kappa shape index (κ2) is 5.99. The van der Waals surface area contributed by atoms with Gasteiger partial charge in [-0.05, 0) is 12.1 Å². The molecular weight excluding hydrogens is 285 g/mol. The number of nitrogens with zero attached hydrogens (tertiary/aromatic N) is 2. The van der Waals surface area contributed by atoms with Crippen LogP contribution in [0.2, 0.25) is 10.0 Å². The summed E-state index contributed by atoms with van der Waals surface area (Å²) >= 11 is 11.9. The van der Waals surface area contributed by atoms with Gasteiger partial charge in [0.25, 0.3) is 0 Å². The van der Waals surface area contributed by atoms with Crippen molar-refractivity contribution in [2.45, 2.75) is 13.3 Å². The van der Waals surface area contributed by atoms with Gasteiger partial charge in [-0.25, -0.2) is 9.97 Å². The molecule has 1 aromatic heterocycles. The lowest BCUT2D eigenvalue weighted by Crippen LogP contribution is -2.11. The third-order valence-electron chi connectivity index (χ3n) is 2.47. The van der Waals surface area contributed by atoms with Crippen molar-refractivity contribution < 1.29 is 4.79 Å². The smallest absolute Gasteiger partial charge is 0.229 e. The number of nitrogens with one attached hydrogen (secondary N) is 1. The molecule has 0 spiro atoms. The minimum Gasteiger partial charge on any atom is -0.295 e. The van der Waals surface area contributed by atoms with E-state index in [1.54, 1.807) is 37.5 Å². The molecule has 6 heteroatoms. The summed E-state index contributed by atoms with van der Waals surface area (Å²) in [7, 11) is 0. The molecule has 0 aliphatic rings. The molecule has 1 N–H and O–H groups in total. The fraction of sp³-hybridized carbons (Fsp3) is 0.154. The number of rotatable bonds is 3. The van der Waals surface area contributed by atoms with Gasteiger partial charge in [-0.15, -0.1) is 0 Å². The standard InChI is InChI=1S/C13H11Cl2N3O/c1-2-12(19)18-13-16-6-8(7-17-13)10-4-3-9(14)5-11(10)15/h3-7H,2H2,1H3,(H,16,17,18,19). The maximum Gasteiger partial charge on any atom is 0.229 e. The lowest BCUT2D eigenvalue weighted by atomic mass is 10.1. The zero-order valence-corrected chi connectivity index (χ0v) is 11.7. The third kappa shape index (κ3) is 3.43. The molecule has 2 aromatic rings. The molecule has 0 fully saturated rings. The van der Waals surface area contributed by atoms with E-state index in [9.17, 15) is 4.79 Å². The molecule has 0 bridgehead atoms. The zero-order valence-electron chi connectivity index (χ0n) is 10.2. The summed E-state index contributed by atoms with van der Waals surface area (Å²) in [6.07, 6.45) is 3.59. The first-order valence-electron chi connectivity index (χ1n) is 5.67. The highest BCUT2D eigenvalue weighted by molar-refractivity contribution is 6.36. The first-order chi connectivity index (χ1) is 9.10. The monoisotopic (exact) mass is 295 g/mol. The molecule has 0 unspecified atom stereocenters. The number of carbonyl (C=O) groups excluding carboxylic acids is 1. The van der Waals surface area contributed by atoms with Crippen molar-refractivity contribution in [3.05, 3.63) is 40.6 Å². The van der Waals surface area contributed by atoms with E-state index in [-0.39, 0.29) is 11.9 Å². The number of carbonyl (C=O) groups is 1. The number of hydrogen-bond donors (Lipinski definition) is 1. The molecule has 0 radical (unpaired) electrons. The molecule has 98 valence electrons. The van der Waals surface area contributed by atoms with Gasteiger partial charge < -0.3 is 0 Å². The second-order valence-electron chi connectivity index (χ2n) is 3.82. The van der Waals surface area contributed by atoms with Crippen molar-refractivity contribution in [1.82, 2.24) is 9.97 Å². The highest BCUT2D eigenvalue weighted by atomic mass is 35.5. The second-order valence-corrected chi connectivity index (χ2v) is 4.66. The Labute approximate surface area is 120 Å². The van der Waals surface area contributed by atoms with Crippen LogP contribution < -0.4 is 5.32 Å². The molecule has 1 amide bonds. The van der Waals surface area contributed by atoms with Gasteiger partial charge in [0, 0.05) is 40.0 Å². The number of hydrogen-bond acceptors (Lipinski definition) is 3. The molecule has 2 rings (SSSR count). The van der Waals surface area contributed by atoms with Crippen molar-refractivity contribution in [2.75, 3.05) is 5.32 Å². The number of benzene rings is 1. The van der Waals surface area contributed by atoms with Crippen LogP contribution in [0, 0.1) is 0 Å². The number of aromatic nitrogens is 2. The van der Waals surface area contributed by atoms with E-state index in [1.807, 2.05) is 0 Å². The Morgan fingerprint density at radius 2 is 1.95 bits per heavy atom. The summed E-state index contributed by atoms with van der Waals surface area (Å²) in [4.78, 5) is 19.3. The first kappa shape index (κ1) is 13.8. The lowest BCUT2D eigenvalue weighted by Gasteiger charge is -2.06. The van der Waals surface area contributed by atoms with Crippen molar-refractivity contribution in [3.63, 3.8) is 0 Å². The summed E-state index contributed by atoms with van der Waals surface area (Å²) in [6.45, 7) is 1.76. The van der Waals surface area contributed by atoms with Gasteiger partial charge in [-0.3, -0.25) is 10.1 Å². The fourth-order valence-corrected chi connectivity index (χ4v) is 1.99. The SMILES string of the molecule is CCC(=O)Nc1ncc(-c2ccc(Cl)cc2Cl)cn1. The first-order valence-corrected chi connectivity index (χ1v) is 6.43. The van der Waals surface area contributed by atoms with Crippen molar-refractivity contribution in [3.8, 4) is 11.1 Å². The van der Waals surface area contributed by atoms with Gasteiger partial charge in [-0.1, -0.05) is 36.2 Å². The van der Waals surface area contributed by atoms with E-state index >= 15 is 0 Å². The van der Waals surface area contributed by atoms with Gasteiger partial charge in [0.15, 0.2) is 0 Å². The quantitative estimate of drug-likeness (QED) is 0.937. The Kier molecular flexibility index (Phi) is 4.35. The Morgan fingerprint density at radius 3 is 2.53 bits per heavy atom. The van der Waals surface area contributed by atoms with Crippen molar-refractivity contribution in [2.24, 2.45) is 0 Å². The van der Waals surface area contributed by atoms with Gasteiger partial charge in [0.05, 0.1) is 0 Å². The fourth-order valence-electron chi connectivity index (χ4n) is 1.47. The highest BCUT2D eigenvalue weighted by Crippen LogP contribution is 2.29. The van der Waals surface area contributed by atoms with Crippen molar-refractivity contribution >= 4 is 35.1 Å². The van der Waals surface area contributed by atoms with Gasteiger partial charge in [0.2, 0.25) is 11.9 Å². The molecule has 0 saturated heterocycles. The molecule has 0 aliphatic carbocycles. The number of amides is 1. The normalized spacial score (nSPS) is 10.3. The van der Waals surface area contributed by atoms with Gasteiger partial charge in [-0.2, -0.15) is 0 Å². The Hall–Kier alpha value is -1.65. The largest absolute Gasteiger partial charge is 0.295 e. The van der Waals surface area contributed by atoms with Crippen molar-refractivity contribution in [1.29, 1.82) is 0 Å². The summed E-state index contributed by atoms with van der Waals surface area (Å²) in [5, 5.41) is 3.68. The predicted octanol–water partition coefficient (Wildman–Crippen LogP) is 3.80. The highest BCUT2D eigenvalue weighted by Gasteiger charge is 2.06. The van der Waals surface area contributed by atoms with Crippen LogP contribution in [0.3, 0.4) is 0 Å². The van der Waals surface area contributed by atoms with E-state index in [0.717, 1.165) is 11.1 Å². The van der Waals surface area contributed by atoms with Crippen LogP contribution in [0.25, 0.3) is 11.1 Å². The van der Waals surface area contributed by atoms with E-state index in [1.165, 1.54) is 0 Å². The molecule has 19 heavy (non-hydrogen) atoms. The van der Waals surface area contributed by atoms with Gasteiger partial charge >= 0.3 is 0 Å². The van der Waals surface area contributed by atoms with Crippen LogP contribution in [0.5, 0.6) is 0 Å². The molecule has 0 aliphatic heterocycles. The van der Waals surface area contributed by atoms with Crippen LogP contribution >= 0.6 is 23.2 Å². The topological polar surface area (TPSA) is 54.9 Å². The number of anilines is 1. The lowest BCUT2D eigenvalue weighted by molar-refractivity contribution is -0.115. The summed E-state index contributed by atoms with van der Waals surface area (Å²) < 4.78 is 0. The van der Waals surface area contributed by atoms with Gasteiger partial charge in [0.1, 0.15) is 0 Å². The van der Waals surface area contributed by atoms with Crippen LogP contribution in [0.4, 0.5) is 5.95 Å². The average Bonchev–Trinajstić information content (AvgIpc) is 2.40. The van der Waals surface area contributed by atoms with Crippen LogP contribution in [-0.2, 0) is 4.79 Å². The van der Waals surface area contributed by atoms with E-state index in [4.69, 9.17) is 23.2 Å². The molecule has 1 aromatic carbocycles. The van der Waals surface area contributed by atoms with Crippen LogP contribution in [0.1, 0.15) is 13.3 Å². The molecule has 1 heterocycles. The van der Waals surface area contributed by atoms with E-state index in [0.29, 0.717) is 16.5 Å². The summed E-state index contributed by atoms with van der Waals surface area (Å²) in [5.74, 6) is 0.151. The van der Waals surface area contributed by atoms with E-state index < -0.39 is 0 Å². The molecular formula is C13H11Cl2N3O. The Bertz CT molecular complexity index is 599. The Morgan fingerprint density at radius 1 is 1.26 bits per heavy atom. The summed E-state index contributed by atoms with van der Waals surface area (Å²) in [6, 6.07) is 5.20. The maximum atomic E-state index is 11.2. The minimum absolute atomic E-state index is 0.128. The molecule has 0 atom stereocenters. The van der Waals surface area contributed by atoms with Crippen LogP contribution in [0.15, 0.2) is 30.6 Å². The van der Waals surface area contributed by atoms with Crippen LogP contribution in [-0.4, -0.2) is 15.9 Å². The Balaban J connectivity index is 2.25. The zero-order chi connectivity index (χ0) is 13.8.